The van der Waals surface area contributed by atoms with Crippen LogP contribution in [0.1, 0.15) is 28.7 Å². The fraction of sp³-hybridized carbons (Fsp3) is 0.200. The number of aromatic nitrogens is 3. The Morgan fingerprint density at radius 2 is 2.15 bits per heavy atom. The van der Waals surface area contributed by atoms with Crippen LogP contribution in [0.5, 0.6) is 0 Å². The topological polar surface area (TPSA) is 94.5 Å². The molecule has 0 radical (unpaired) electrons. The molecule has 0 saturated heterocycles. The van der Waals surface area contributed by atoms with Gasteiger partial charge in [-0.15, -0.1) is 0 Å². The minimum Gasteiger partial charge on any atom is -0.311 e. The number of aromatic amines is 1. The fourth-order valence-corrected chi connectivity index (χ4v) is 2.79. The number of amides is 1. The molecule has 27 heavy (non-hydrogen) atoms. The van der Waals surface area contributed by atoms with E-state index in [0.717, 1.165) is 22.4 Å². The van der Waals surface area contributed by atoms with Gasteiger partial charge in [0.15, 0.2) is 0 Å². The number of carbonyl (C=O) groups is 1. The predicted octanol–water partition coefficient (Wildman–Crippen LogP) is 3.67. The van der Waals surface area contributed by atoms with Gasteiger partial charge in [0.25, 0.3) is 0 Å². The Bertz CT molecular complexity index is 1040. The third-order valence-electron chi connectivity index (χ3n) is 4.34. The molecule has 2 aromatic heterocycles. The van der Waals surface area contributed by atoms with Crippen LogP contribution in [0.15, 0.2) is 36.7 Å². The number of H-pyrrole nitrogens is 1. The molecule has 2 N–H and O–H groups in total. The summed E-state index contributed by atoms with van der Waals surface area (Å²) in [5.74, 6) is -0.237. The van der Waals surface area contributed by atoms with Crippen molar-refractivity contribution in [2.24, 2.45) is 0 Å². The van der Waals surface area contributed by atoms with Gasteiger partial charge in [-0.2, -0.15) is 10.4 Å². The van der Waals surface area contributed by atoms with Gasteiger partial charge >= 0.3 is 0 Å². The number of anilines is 1. The SMILES string of the molecule is Cc1cnccc1-c1n[nH]c(NC(=O)CCc2ccc(C#N)c(F)c2)c1C. The average Bonchev–Trinajstić information content (AvgIpc) is 3.01. The zero-order valence-electron chi connectivity index (χ0n) is 15.0. The van der Waals surface area contributed by atoms with E-state index < -0.39 is 5.82 Å². The molecule has 0 aliphatic rings. The zero-order chi connectivity index (χ0) is 19.4. The number of nitriles is 1. The quantitative estimate of drug-likeness (QED) is 0.723. The summed E-state index contributed by atoms with van der Waals surface area (Å²) in [6, 6.07) is 8.02. The molecule has 0 aliphatic heterocycles. The lowest BCUT2D eigenvalue weighted by Crippen LogP contribution is -2.13. The van der Waals surface area contributed by atoms with Crippen LogP contribution >= 0.6 is 0 Å². The minimum atomic E-state index is -0.572. The first-order chi connectivity index (χ1) is 13.0. The third-order valence-corrected chi connectivity index (χ3v) is 4.34. The molecule has 6 nitrogen and oxygen atoms in total. The molecule has 0 fully saturated rings. The second-order valence-corrected chi connectivity index (χ2v) is 6.24. The second kappa shape index (κ2) is 7.79. The summed E-state index contributed by atoms with van der Waals surface area (Å²) >= 11 is 0. The van der Waals surface area contributed by atoms with Crippen LogP contribution in [-0.2, 0) is 11.2 Å². The Balaban J connectivity index is 1.66. The molecule has 0 spiro atoms. The highest BCUT2D eigenvalue weighted by Gasteiger charge is 2.15. The van der Waals surface area contributed by atoms with Crippen molar-refractivity contribution in [1.29, 1.82) is 5.26 Å². The number of aryl methyl sites for hydroxylation is 2. The standard InChI is InChI=1S/C20H18FN5O/c1-12-11-23-8-7-16(12)19-13(2)20(26-25-19)24-18(27)6-4-14-3-5-15(10-22)17(21)9-14/h3,5,7-9,11H,4,6H2,1-2H3,(H2,24,25,26,27). The van der Waals surface area contributed by atoms with E-state index in [-0.39, 0.29) is 17.9 Å². The van der Waals surface area contributed by atoms with Crippen LogP contribution in [-0.4, -0.2) is 21.1 Å². The van der Waals surface area contributed by atoms with Gasteiger partial charge in [-0.1, -0.05) is 6.07 Å². The first kappa shape index (κ1) is 18.3. The third kappa shape index (κ3) is 4.01. The number of pyridine rings is 1. The summed E-state index contributed by atoms with van der Waals surface area (Å²) in [6.07, 6.45) is 4.02. The molecule has 3 rings (SSSR count). The van der Waals surface area contributed by atoms with Gasteiger partial charge in [-0.05, 0) is 49.6 Å². The number of rotatable bonds is 5. The maximum atomic E-state index is 13.6. The largest absolute Gasteiger partial charge is 0.311 e. The summed E-state index contributed by atoms with van der Waals surface area (Å²) in [5.41, 5.74) is 4.20. The lowest BCUT2D eigenvalue weighted by atomic mass is 10.1. The van der Waals surface area contributed by atoms with Crippen molar-refractivity contribution < 1.29 is 9.18 Å². The molecule has 7 heteroatoms. The van der Waals surface area contributed by atoms with Gasteiger partial charge in [0.05, 0.1) is 11.3 Å². The highest BCUT2D eigenvalue weighted by atomic mass is 19.1. The van der Waals surface area contributed by atoms with Crippen molar-refractivity contribution in [3.05, 3.63) is 64.7 Å². The number of hydrogen-bond donors (Lipinski definition) is 2. The minimum absolute atomic E-state index is 0.00442. The molecule has 3 aromatic rings. The number of halogens is 1. The van der Waals surface area contributed by atoms with Crippen molar-refractivity contribution in [2.75, 3.05) is 5.32 Å². The van der Waals surface area contributed by atoms with Crippen molar-refractivity contribution in [3.63, 3.8) is 0 Å². The molecule has 136 valence electrons. The monoisotopic (exact) mass is 363 g/mol. The first-order valence-electron chi connectivity index (χ1n) is 8.44. The van der Waals surface area contributed by atoms with Crippen molar-refractivity contribution in [2.45, 2.75) is 26.7 Å². The molecule has 0 unspecified atom stereocenters. The molecule has 0 aliphatic carbocycles. The van der Waals surface area contributed by atoms with Crippen molar-refractivity contribution >= 4 is 11.7 Å². The van der Waals surface area contributed by atoms with E-state index in [0.29, 0.717) is 17.8 Å². The zero-order valence-corrected chi connectivity index (χ0v) is 15.0. The molecular weight excluding hydrogens is 345 g/mol. The Kier molecular flexibility index (Phi) is 5.27. The summed E-state index contributed by atoms with van der Waals surface area (Å²) in [4.78, 5) is 16.3. The van der Waals surface area contributed by atoms with Crippen molar-refractivity contribution in [3.8, 4) is 17.3 Å². The van der Waals surface area contributed by atoms with Crippen LogP contribution < -0.4 is 5.32 Å². The van der Waals surface area contributed by atoms with E-state index >= 15 is 0 Å². The first-order valence-corrected chi connectivity index (χ1v) is 8.44. The number of carbonyl (C=O) groups excluding carboxylic acids is 1. The van der Waals surface area contributed by atoms with Gasteiger partial charge in [0.1, 0.15) is 17.7 Å². The van der Waals surface area contributed by atoms with Crippen LogP contribution in [0.2, 0.25) is 0 Å². The molecule has 0 saturated carbocycles. The van der Waals surface area contributed by atoms with Crippen molar-refractivity contribution in [1.82, 2.24) is 15.2 Å². The normalized spacial score (nSPS) is 10.4. The maximum Gasteiger partial charge on any atom is 0.225 e. The average molecular weight is 363 g/mol. The predicted molar refractivity (Wildman–Crippen MR) is 99.4 cm³/mol. The summed E-state index contributed by atoms with van der Waals surface area (Å²) in [6.45, 7) is 3.83. The van der Waals surface area contributed by atoms with E-state index in [1.54, 1.807) is 24.5 Å². The van der Waals surface area contributed by atoms with Gasteiger partial charge in [0, 0.05) is 29.9 Å². The molecular formula is C20H18FN5O. The Hall–Kier alpha value is -3.53. The van der Waals surface area contributed by atoms with E-state index in [1.807, 2.05) is 19.9 Å². The summed E-state index contributed by atoms with van der Waals surface area (Å²) in [7, 11) is 0. The van der Waals surface area contributed by atoms with E-state index in [2.05, 4.69) is 20.5 Å². The van der Waals surface area contributed by atoms with E-state index in [9.17, 15) is 9.18 Å². The van der Waals surface area contributed by atoms with Crippen LogP contribution in [0, 0.1) is 31.0 Å². The molecule has 1 amide bonds. The van der Waals surface area contributed by atoms with E-state index in [4.69, 9.17) is 5.26 Å². The van der Waals surface area contributed by atoms with Gasteiger partial charge in [-0.25, -0.2) is 4.39 Å². The number of nitrogens with zero attached hydrogens (tertiary/aromatic N) is 3. The number of nitrogens with one attached hydrogen (secondary N) is 2. The fourth-order valence-electron chi connectivity index (χ4n) is 2.79. The summed E-state index contributed by atoms with van der Waals surface area (Å²) < 4.78 is 13.6. The number of benzene rings is 1. The molecule has 0 bridgehead atoms. The van der Waals surface area contributed by atoms with Gasteiger partial charge < -0.3 is 5.32 Å². The lowest BCUT2D eigenvalue weighted by Gasteiger charge is -2.06. The molecule has 1 aromatic carbocycles. The lowest BCUT2D eigenvalue weighted by molar-refractivity contribution is -0.116. The van der Waals surface area contributed by atoms with Crippen LogP contribution in [0.4, 0.5) is 10.2 Å². The smallest absolute Gasteiger partial charge is 0.225 e. The van der Waals surface area contributed by atoms with Gasteiger partial charge in [-0.3, -0.25) is 14.9 Å². The summed E-state index contributed by atoms with van der Waals surface area (Å²) in [5, 5.41) is 18.7. The molecule has 2 heterocycles. The van der Waals surface area contributed by atoms with Crippen LogP contribution in [0.25, 0.3) is 11.3 Å². The maximum absolute atomic E-state index is 13.6. The molecule has 0 atom stereocenters. The van der Waals surface area contributed by atoms with Gasteiger partial charge in [0.2, 0.25) is 5.91 Å². The second-order valence-electron chi connectivity index (χ2n) is 6.24. The van der Waals surface area contributed by atoms with Crippen LogP contribution in [0.3, 0.4) is 0 Å². The van der Waals surface area contributed by atoms with E-state index in [1.165, 1.54) is 12.1 Å². The number of hydrogen-bond acceptors (Lipinski definition) is 4. The highest BCUT2D eigenvalue weighted by Crippen LogP contribution is 2.27. The Morgan fingerprint density at radius 3 is 2.85 bits per heavy atom. The Labute approximate surface area is 156 Å². The highest BCUT2D eigenvalue weighted by molar-refractivity contribution is 5.91. The Morgan fingerprint density at radius 1 is 1.33 bits per heavy atom.